The van der Waals surface area contributed by atoms with Gasteiger partial charge in [-0.15, -0.1) is 0 Å². The molecule has 2 aromatic heterocycles. The molecule has 2 atom stereocenters. The van der Waals surface area contributed by atoms with E-state index in [4.69, 9.17) is 11.6 Å². The number of carbonyl (C=O) groups excluding carboxylic acids is 1. The Morgan fingerprint density at radius 3 is 2.72 bits per heavy atom. The molecule has 10 heteroatoms. The smallest absolute Gasteiger partial charge is 0.342 e. The summed E-state index contributed by atoms with van der Waals surface area (Å²) in [6.45, 7) is 0.845. The number of hydrogen-bond donors (Lipinski definition) is 1. The highest BCUT2D eigenvalue weighted by Gasteiger charge is 2.37. The molecule has 3 heterocycles. The van der Waals surface area contributed by atoms with E-state index in [1.807, 2.05) is 41.3 Å². The van der Waals surface area contributed by atoms with Crippen LogP contribution in [0.15, 0.2) is 61.1 Å². The number of amides is 1. The first-order valence-corrected chi connectivity index (χ1v) is 11.8. The molecule has 0 spiro atoms. The highest BCUT2D eigenvalue weighted by molar-refractivity contribution is 6.34. The van der Waals surface area contributed by atoms with Gasteiger partial charge in [0, 0.05) is 24.6 Å². The predicted molar refractivity (Wildman–Crippen MR) is 129 cm³/mol. The number of alkyl halides is 3. The third-order valence-electron chi connectivity index (χ3n) is 6.26. The van der Waals surface area contributed by atoms with Gasteiger partial charge in [-0.25, -0.2) is 4.98 Å². The predicted octanol–water partition coefficient (Wildman–Crippen LogP) is 5.66. The minimum absolute atomic E-state index is 0.169. The van der Waals surface area contributed by atoms with Gasteiger partial charge in [0.05, 0.1) is 29.2 Å². The lowest BCUT2D eigenvalue weighted by Gasteiger charge is -2.39. The van der Waals surface area contributed by atoms with Gasteiger partial charge in [-0.3, -0.25) is 14.7 Å². The van der Waals surface area contributed by atoms with Crippen molar-refractivity contribution in [3.63, 3.8) is 0 Å². The maximum absolute atomic E-state index is 13.4. The molecule has 0 radical (unpaired) electrons. The molecule has 0 unspecified atom stereocenters. The Morgan fingerprint density at radius 1 is 1.19 bits per heavy atom. The van der Waals surface area contributed by atoms with Gasteiger partial charge in [-0.05, 0) is 54.3 Å². The fraction of sp³-hybridized carbons (Fsp3) is 0.308. The monoisotopic (exact) mass is 513 g/mol. The van der Waals surface area contributed by atoms with Crippen LogP contribution in [0.3, 0.4) is 0 Å². The zero-order chi connectivity index (χ0) is 25.7. The van der Waals surface area contributed by atoms with Crippen molar-refractivity contribution in [1.29, 1.82) is 5.26 Å². The van der Waals surface area contributed by atoms with E-state index in [1.54, 1.807) is 12.4 Å². The Hall–Kier alpha value is -3.48. The average molecular weight is 514 g/mol. The molecular weight excluding hydrogens is 491 g/mol. The normalized spacial score (nSPS) is 17.2. The number of nitrogens with one attached hydrogen (secondary N) is 1. The van der Waals surface area contributed by atoms with Crippen molar-refractivity contribution in [1.82, 2.24) is 20.2 Å². The van der Waals surface area contributed by atoms with Crippen LogP contribution in [0.2, 0.25) is 5.02 Å². The standard InChI is InChI=1S/C26H23ClF3N5O/c27-22-20(26(28,29)30)9-12-33-24(22)25(36)34-23(21-8-1-2-13-35(21)14-10-31)18-6-3-5-17(15-18)19-7-4-11-32-16-19/h3-7,9,11-12,15-16,21,23H,1-2,8,13-14H2,(H,34,36)/t21-,23-/m0/s1. The van der Waals surface area contributed by atoms with Crippen LogP contribution >= 0.6 is 11.6 Å². The third kappa shape index (κ3) is 5.66. The van der Waals surface area contributed by atoms with Gasteiger partial charge in [0.1, 0.15) is 5.69 Å². The summed E-state index contributed by atoms with van der Waals surface area (Å²) in [7, 11) is 0. The van der Waals surface area contributed by atoms with Crippen LogP contribution in [0.4, 0.5) is 13.2 Å². The SMILES string of the molecule is N#CCN1CCCC[C@H]1[C@@H](NC(=O)c1nccc(C(F)(F)F)c1Cl)c1cccc(-c2cccnc2)c1. The minimum atomic E-state index is -4.72. The van der Waals surface area contributed by atoms with Crippen molar-refractivity contribution in [2.75, 3.05) is 13.1 Å². The summed E-state index contributed by atoms with van der Waals surface area (Å²) in [6, 6.07) is 13.3. The molecule has 0 aliphatic carbocycles. The first kappa shape index (κ1) is 25.6. The number of pyridine rings is 2. The lowest BCUT2D eigenvalue weighted by molar-refractivity contribution is -0.137. The van der Waals surface area contributed by atoms with Crippen molar-refractivity contribution >= 4 is 17.5 Å². The number of aromatic nitrogens is 2. The first-order valence-electron chi connectivity index (χ1n) is 11.4. The van der Waals surface area contributed by atoms with Crippen LogP contribution in [0, 0.1) is 11.3 Å². The second kappa shape index (κ2) is 11.1. The van der Waals surface area contributed by atoms with E-state index in [-0.39, 0.29) is 12.6 Å². The molecule has 1 fully saturated rings. The summed E-state index contributed by atoms with van der Waals surface area (Å²) in [6.07, 6.45) is 2.10. The molecule has 0 bridgehead atoms. The molecule has 1 aromatic carbocycles. The summed E-state index contributed by atoms with van der Waals surface area (Å²) in [4.78, 5) is 23.3. The number of nitrogens with zero attached hydrogens (tertiary/aromatic N) is 4. The van der Waals surface area contributed by atoms with E-state index in [0.29, 0.717) is 13.0 Å². The van der Waals surface area contributed by atoms with E-state index in [9.17, 15) is 23.2 Å². The summed E-state index contributed by atoms with van der Waals surface area (Å²) >= 11 is 5.98. The van der Waals surface area contributed by atoms with Crippen LogP contribution < -0.4 is 5.32 Å². The summed E-state index contributed by atoms with van der Waals surface area (Å²) < 4.78 is 40.1. The molecule has 6 nitrogen and oxygen atoms in total. The van der Waals surface area contributed by atoms with Crippen molar-refractivity contribution in [2.45, 2.75) is 37.5 Å². The maximum Gasteiger partial charge on any atom is 0.417 e. The van der Waals surface area contributed by atoms with Crippen LogP contribution in [-0.2, 0) is 6.18 Å². The maximum atomic E-state index is 13.4. The van der Waals surface area contributed by atoms with E-state index in [1.165, 1.54) is 0 Å². The number of rotatable bonds is 6. The van der Waals surface area contributed by atoms with Crippen molar-refractivity contribution < 1.29 is 18.0 Å². The Morgan fingerprint density at radius 2 is 2.00 bits per heavy atom. The molecule has 186 valence electrons. The van der Waals surface area contributed by atoms with Crippen LogP contribution in [0.1, 0.15) is 46.9 Å². The molecule has 1 saturated heterocycles. The molecular formula is C26H23ClF3N5O. The van der Waals surface area contributed by atoms with Gasteiger partial charge in [0.2, 0.25) is 0 Å². The van der Waals surface area contributed by atoms with E-state index in [0.717, 1.165) is 41.8 Å². The largest absolute Gasteiger partial charge is 0.417 e. The molecule has 3 aromatic rings. The fourth-order valence-corrected chi connectivity index (χ4v) is 4.86. The minimum Gasteiger partial charge on any atom is -0.342 e. The van der Waals surface area contributed by atoms with Gasteiger partial charge in [0.25, 0.3) is 5.91 Å². The second-order valence-corrected chi connectivity index (χ2v) is 8.91. The summed E-state index contributed by atoms with van der Waals surface area (Å²) in [5.41, 5.74) is 0.885. The lowest BCUT2D eigenvalue weighted by atomic mass is 9.89. The van der Waals surface area contributed by atoms with Gasteiger partial charge >= 0.3 is 6.18 Å². The quantitative estimate of drug-likeness (QED) is 0.430. The molecule has 4 rings (SSSR count). The zero-order valence-corrected chi connectivity index (χ0v) is 19.9. The number of carbonyl (C=O) groups is 1. The molecule has 1 aliphatic heterocycles. The Bertz CT molecular complexity index is 1260. The van der Waals surface area contributed by atoms with Gasteiger partial charge in [0.15, 0.2) is 0 Å². The molecule has 36 heavy (non-hydrogen) atoms. The molecule has 1 aliphatic rings. The van der Waals surface area contributed by atoms with Crippen molar-refractivity contribution in [2.24, 2.45) is 0 Å². The fourth-order valence-electron chi connectivity index (χ4n) is 4.56. The number of halogens is 4. The molecule has 0 saturated carbocycles. The number of hydrogen-bond acceptors (Lipinski definition) is 5. The number of likely N-dealkylation sites (tertiary alicyclic amines) is 1. The topological polar surface area (TPSA) is 81.9 Å². The number of benzene rings is 1. The van der Waals surface area contributed by atoms with E-state index in [2.05, 4.69) is 21.4 Å². The first-order chi connectivity index (χ1) is 17.3. The van der Waals surface area contributed by atoms with Crippen LogP contribution in [0.25, 0.3) is 11.1 Å². The van der Waals surface area contributed by atoms with Crippen LogP contribution in [-0.4, -0.2) is 39.9 Å². The zero-order valence-electron chi connectivity index (χ0n) is 19.2. The van der Waals surface area contributed by atoms with Gasteiger partial charge in [-0.2, -0.15) is 18.4 Å². The van der Waals surface area contributed by atoms with Crippen molar-refractivity contribution in [3.05, 3.63) is 82.9 Å². The third-order valence-corrected chi connectivity index (χ3v) is 6.64. The Kier molecular flexibility index (Phi) is 7.87. The number of nitriles is 1. The molecule has 1 amide bonds. The summed E-state index contributed by atoms with van der Waals surface area (Å²) in [5, 5.41) is 11.5. The second-order valence-electron chi connectivity index (χ2n) is 8.53. The van der Waals surface area contributed by atoms with Gasteiger partial charge in [-0.1, -0.05) is 42.3 Å². The van der Waals surface area contributed by atoms with E-state index >= 15 is 0 Å². The lowest BCUT2D eigenvalue weighted by Crippen LogP contribution is -2.49. The summed E-state index contributed by atoms with van der Waals surface area (Å²) in [5.74, 6) is -0.814. The Labute approximate surface area is 211 Å². The van der Waals surface area contributed by atoms with Crippen LogP contribution in [0.5, 0.6) is 0 Å². The highest BCUT2D eigenvalue weighted by atomic mass is 35.5. The Balaban J connectivity index is 1.74. The number of piperidine rings is 1. The average Bonchev–Trinajstić information content (AvgIpc) is 2.88. The van der Waals surface area contributed by atoms with E-state index < -0.39 is 34.4 Å². The molecule has 1 N–H and O–H groups in total. The highest BCUT2D eigenvalue weighted by Crippen LogP contribution is 2.36. The van der Waals surface area contributed by atoms with Gasteiger partial charge < -0.3 is 5.32 Å². The van der Waals surface area contributed by atoms with Crippen molar-refractivity contribution in [3.8, 4) is 17.2 Å².